The van der Waals surface area contributed by atoms with E-state index in [9.17, 15) is 4.79 Å². The highest BCUT2D eigenvalue weighted by atomic mass is 16.2. The third-order valence-electron chi connectivity index (χ3n) is 5.53. The minimum absolute atomic E-state index is 0.180. The largest absolute Gasteiger partial charge is 0.400 e. The topological polar surface area (TPSA) is 49.3 Å². The van der Waals surface area contributed by atoms with Crippen LogP contribution in [0.2, 0.25) is 0 Å². The minimum Gasteiger partial charge on any atom is -0.400 e. The molecule has 1 amide bonds. The van der Waals surface area contributed by atoms with E-state index in [1.54, 1.807) is 0 Å². The van der Waals surface area contributed by atoms with Crippen LogP contribution in [0.1, 0.15) is 84.1 Å². The fraction of sp³-hybridized carbons (Fsp3) is 0.607. The van der Waals surface area contributed by atoms with Gasteiger partial charge in [0.1, 0.15) is 0 Å². The number of nitrogens with one attached hydrogen (secondary N) is 1. The number of carbonyl (C=O) groups excluding carboxylic acids is 1. The lowest BCUT2D eigenvalue weighted by molar-refractivity contribution is -0.121. The molecule has 0 saturated heterocycles. The average Bonchev–Trinajstić information content (AvgIpc) is 3.26. The number of allylic oxidation sites excluding steroid dienone is 4. The standard InChI is InChI=1S/C25H37NO.C2H6.CH4O/c1-2-26-25(27)21-12-4-3-10-17-23-19-13-20-24(23)18-11-6-9-16-22-14-7-5-8-15-22;2*1-2/h3,5,7-8,10-11,14-15,18,23-24H,2,4,6,9,12-13,16-17,19-21H2,1H3,(H,26,27);1-2H3;2H,1H3/b10-3-,18-11+;;/t23-,24?;;/m0../s1. The maximum absolute atomic E-state index is 11.4. The molecular formula is C28H47NO2. The Morgan fingerprint density at radius 2 is 1.74 bits per heavy atom. The van der Waals surface area contributed by atoms with Crippen LogP contribution in [0.5, 0.6) is 0 Å². The Morgan fingerprint density at radius 1 is 1.03 bits per heavy atom. The zero-order valence-corrected chi connectivity index (χ0v) is 20.5. The Hall–Kier alpha value is -1.87. The third kappa shape index (κ3) is 14.7. The minimum atomic E-state index is 0.180. The first-order valence-corrected chi connectivity index (χ1v) is 12.4. The number of hydrogen-bond donors (Lipinski definition) is 2. The molecule has 1 aliphatic carbocycles. The van der Waals surface area contributed by atoms with Crippen molar-refractivity contribution in [2.24, 2.45) is 11.8 Å². The molecule has 0 aromatic heterocycles. The lowest BCUT2D eigenvalue weighted by atomic mass is 9.92. The molecule has 176 valence electrons. The number of aryl methyl sites for hydroxylation is 1. The van der Waals surface area contributed by atoms with Crippen LogP contribution in [-0.4, -0.2) is 24.7 Å². The molecule has 1 fully saturated rings. The van der Waals surface area contributed by atoms with E-state index in [0.29, 0.717) is 6.42 Å². The number of benzene rings is 1. The molecule has 1 unspecified atom stereocenters. The number of amides is 1. The van der Waals surface area contributed by atoms with Crippen molar-refractivity contribution in [3.63, 3.8) is 0 Å². The first-order chi connectivity index (χ1) is 15.3. The summed E-state index contributed by atoms with van der Waals surface area (Å²) in [5, 5.41) is 9.85. The second-order valence-corrected chi connectivity index (χ2v) is 7.71. The molecule has 0 heterocycles. The zero-order chi connectivity index (χ0) is 23.2. The van der Waals surface area contributed by atoms with Gasteiger partial charge in [-0.05, 0) is 75.7 Å². The van der Waals surface area contributed by atoms with Crippen LogP contribution in [0, 0.1) is 11.8 Å². The van der Waals surface area contributed by atoms with Crippen molar-refractivity contribution >= 4 is 5.91 Å². The molecule has 0 bridgehead atoms. The molecule has 0 radical (unpaired) electrons. The number of aliphatic hydroxyl groups excluding tert-OH is 1. The Bertz CT molecular complexity index is 580. The second kappa shape index (κ2) is 21.4. The molecule has 0 spiro atoms. The molecule has 1 aromatic rings. The highest BCUT2D eigenvalue weighted by Gasteiger charge is 2.23. The Labute approximate surface area is 192 Å². The quantitative estimate of drug-likeness (QED) is 0.281. The highest BCUT2D eigenvalue weighted by molar-refractivity contribution is 5.75. The van der Waals surface area contributed by atoms with Crippen molar-refractivity contribution in [3.8, 4) is 0 Å². The summed E-state index contributed by atoms with van der Waals surface area (Å²) in [7, 11) is 1.00. The lowest BCUT2D eigenvalue weighted by Gasteiger charge is -2.14. The van der Waals surface area contributed by atoms with E-state index in [0.717, 1.165) is 38.3 Å². The van der Waals surface area contributed by atoms with Gasteiger partial charge in [-0.3, -0.25) is 4.79 Å². The molecule has 1 aromatic carbocycles. The maximum Gasteiger partial charge on any atom is 0.219 e. The maximum atomic E-state index is 11.4. The summed E-state index contributed by atoms with van der Waals surface area (Å²) in [6.45, 7) is 6.70. The Morgan fingerprint density at radius 3 is 2.45 bits per heavy atom. The third-order valence-corrected chi connectivity index (χ3v) is 5.53. The summed E-state index contributed by atoms with van der Waals surface area (Å²) >= 11 is 0. The van der Waals surface area contributed by atoms with Crippen LogP contribution < -0.4 is 5.32 Å². The lowest BCUT2D eigenvalue weighted by Crippen LogP contribution is -2.21. The van der Waals surface area contributed by atoms with E-state index < -0.39 is 0 Å². The molecule has 31 heavy (non-hydrogen) atoms. The van der Waals surface area contributed by atoms with Gasteiger partial charge >= 0.3 is 0 Å². The molecular weight excluding hydrogens is 382 g/mol. The van der Waals surface area contributed by atoms with Crippen molar-refractivity contribution in [2.45, 2.75) is 85.0 Å². The average molecular weight is 430 g/mol. The number of unbranched alkanes of at least 4 members (excludes halogenated alkanes) is 2. The molecule has 1 saturated carbocycles. The van der Waals surface area contributed by atoms with Crippen LogP contribution in [0.3, 0.4) is 0 Å². The number of hydrogen-bond acceptors (Lipinski definition) is 2. The van der Waals surface area contributed by atoms with Crippen molar-refractivity contribution in [3.05, 3.63) is 60.2 Å². The summed E-state index contributed by atoms with van der Waals surface area (Å²) in [6.07, 6.45) is 21.0. The van der Waals surface area contributed by atoms with Crippen molar-refractivity contribution in [1.82, 2.24) is 5.32 Å². The van der Waals surface area contributed by atoms with Gasteiger partial charge in [0, 0.05) is 20.1 Å². The number of rotatable bonds is 12. The molecule has 2 atom stereocenters. The molecule has 2 N–H and O–H groups in total. The highest BCUT2D eigenvalue weighted by Crippen LogP contribution is 2.35. The van der Waals surface area contributed by atoms with E-state index in [1.165, 1.54) is 50.5 Å². The van der Waals surface area contributed by atoms with Gasteiger partial charge in [0.05, 0.1) is 0 Å². The predicted molar refractivity (Wildman–Crippen MR) is 135 cm³/mol. The van der Waals surface area contributed by atoms with Crippen LogP contribution in [0.4, 0.5) is 0 Å². The summed E-state index contributed by atoms with van der Waals surface area (Å²) in [5.41, 5.74) is 1.45. The smallest absolute Gasteiger partial charge is 0.219 e. The van der Waals surface area contributed by atoms with Crippen LogP contribution in [0.15, 0.2) is 54.6 Å². The predicted octanol–water partition coefficient (Wildman–Crippen LogP) is 6.87. The van der Waals surface area contributed by atoms with Crippen LogP contribution in [-0.2, 0) is 11.2 Å². The second-order valence-electron chi connectivity index (χ2n) is 7.71. The van der Waals surface area contributed by atoms with Gasteiger partial charge in [-0.2, -0.15) is 0 Å². The SMILES string of the molecule is CC.CCNC(=O)CCC/C=C\C[C@H]1CCCC1/C=C/CCCc1ccccc1.CO. The Kier molecular flexibility index (Phi) is 20.1. The fourth-order valence-corrected chi connectivity index (χ4v) is 4.01. The molecule has 2 rings (SSSR count). The van der Waals surface area contributed by atoms with E-state index >= 15 is 0 Å². The number of carbonyl (C=O) groups is 1. The van der Waals surface area contributed by atoms with E-state index in [4.69, 9.17) is 5.11 Å². The summed E-state index contributed by atoms with van der Waals surface area (Å²) < 4.78 is 0. The first-order valence-electron chi connectivity index (χ1n) is 12.4. The van der Waals surface area contributed by atoms with Crippen molar-refractivity contribution in [1.29, 1.82) is 0 Å². The first kappa shape index (κ1) is 29.1. The normalized spacial score (nSPS) is 17.7. The zero-order valence-electron chi connectivity index (χ0n) is 20.5. The van der Waals surface area contributed by atoms with Crippen molar-refractivity contribution < 1.29 is 9.90 Å². The number of aliphatic hydroxyl groups is 1. The van der Waals surface area contributed by atoms with E-state index in [2.05, 4.69) is 60.0 Å². The summed E-state index contributed by atoms with van der Waals surface area (Å²) in [4.78, 5) is 11.4. The summed E-state index contributed by atoms with van der Waals surface area (Å²) in [6, 6.07) is 10.8. The molecule has 3 nitrogen and oxygen atoms in total. The van der Waals surface area contributed by atoms with Gasteiger partial charge in [-0.15, -0.1) is 0 Å². The van der Waals surface area contributed by atoms with Crippen LogP contribution in [0.25, 0.3) is 0 Å². The van der Waals surface area contributed by atoms with Crippen LogP contribution >= 0.6 is 0 Å². The monoisotopic (exact) mass is 429 g/mol. The van der Waals surface area contributed by atoms with Gasteiger partial charge < -0.3 is 10.4 Å². The van der Waals surface area contributed by atoms with Gasteiger partial charge in [-0.1, -0.05) is 74.9 Å². The fourth-order valence-electron chi connectivity index (χ4n) is 4.01. The van der Waals surface area contributed by atoms with E-state index in [-0.39, 0.29) is 5.91 Å². The van der Waals surface area contributed by atoms with Gasteiger partial charge in [0.25, 0.3) is 0 Å². The van der Waals surface area contributed by atoms with Gasteiger partial charge in [-0.25, -0.2) is 0 Å². The molecule has 0 aliphatic heterocycles. The van der Waals surface area contributed by atoms with Gasteiger partial charge in [0.2, 0.25) is 5.91 Å². The summed E-state index contributed by atoms with van der Waals surface area (Å²) in [5.74, 6) is 1.76. The molecule has 1 aliphatic rings. The Balaban J connectivity index is 0.00000212. The van der Waals surface area contributed by atoms with Gasteiger partial charge in [0.15, 0.2) is 0 Å². The van der Waals surface area contributed by atoms with Crippen molar-refractivity contribution in [2.75, 3.05) is 13.7 Å². The molecule has 3 heteroatoms. The van der Waals surface area contributed by atoms with E-state index in [1.807, 2.05) is 20.8 Å².